The molecule has 5 nitrogen and oxygen atoms in total. The number of para-hydroxylation sites is 1. The zero-order valence-electron chi connectivity index (χ0n) is 13.2. The molecule has 0 radical (unpaired) electrons. The summed E-state index contributed by atoms with van der Waals surface area (Å²) in [4.78, 5) is 28.2. The van der Waals surface area contributed by atoms with E-state index in [9.17, 15) is 9.59 Å². The number of benzene rings is 1. The van der Waals surface area contributed by atoms with Crippen LogP contribution in [0.5, 0.6) is 0 Å². The van der Waals surface area contributed by atoms with Crippen LogP contribution in [0.2, 0.25) is 0 Å². The van der Waals surface area contributed by atoms with Crippen molar-refractivity contribution in [1.29, 1.82) is 0 Å². The lowest BCUT2D eigenvalue weighted by atomic mass is 9.86. The Morgan fingerprint density at radius 2 is 2.09 bits per heavy atom. The summed E-state index contributed by atoms with van der Waals surface area (Å²) in [5.41, 5.74) is 2.01. The molecule has 3 rings (SSSR count). The first kappa shape index (κ1) is 15.0. The Kier molecular flexibility index (Phi) is 3.91. The smallest absolute Gasteiger partial charge is 0.248 e. The Balaban J connectivity index is 1.75. The van der Waals surface area contributed by atoms with Gasteiger partial charge in [-0.2, -0.15) is 0 Å². The number of amides is 2. The predicted molar refractivity (Wildman–Crippen MR) is 83.7 cm³/mol. The SMILES string of the molecule is COCC(=O)N1CC[C@]2(CC(=O)N(c3ccccc3C)C2)C1. The van der Waals surface area contributed by atoms with E-state index in [4.69, 9.17) is 4.74 Å². The zero-order chi connectivity index (χ0) is 15.7. The maximum Gasteiger partial charge on any atom is 0.248 e. The summed E-state index contributed by atoms with van der Waals surface area (Å²) in [7, 11) is 1.53. The van der Waals surface area contributed by atoms with E-state index < -0.39 is 0 Å². The topological polar surface area (TPSA) is 49.9 Å². The summed E-state index contributed by atoms with van der Waals surface area (Å²) in [6.45, 7) is 4.22. The lowest BCUT2D eigenvalue weighted by molar-refractivity contribution is -0.134. The molecule has 2 amide bonds. The van der Waals surface area contributed by atoms with Crippen LogP contribution < -0.4 is 4.90 Å². The number of hydrogen-bond donors (Lipinski definition) is 0. The van der Waals surface area contributed by atoms with E-state index in [1.807, 2.05) is 41.0 Å². The quantitative estimate of drug-likeness (QED) is 0.852. The van der Waals surface area contributed by atoms with Crippen molar-refractivity contribution in [3.63, 3.8) is 0 Å². The maximum absolute atomic E-state index is 12.5. The van der Waals surface area contributed by atoms with Crippen LogP contribution in [0, 0.1) is 12.3 Å². The van der Waals surface area contributed by atoms with Crippen LogP contribution in [0.3, 0.4) is 0 Å². The third-order valence-corrected chi connectivity index (χ3v) is 4.79. The Bertz CT molecular complexity index is 601. The average molecular weight is 302 g/mol. The molecule has 2 fully saturated rings. The minimum Gasteiger partial charge on any atom is -0.375 e. The number of anilines is 1. The molecule has 0 aliphatic carbocycles. The number of nitrogens with zero attached hydrogens (tertiary/aromatic N) is 2. The third-order valence-electron chi connectivity index (χ3n) is 4.79. The summed E-state index contributed by atoms with van der Waals surface area (Å²) < 4.78 is 4.93. The largest absolute Gasteiger partial charge is 0.375 e. The zero-order valence-corrected chi connectivity index (χ0v) is 13.2. The van der Waals surface area contributed by atoms with Gasteiger partial charge >= 0.3 is 0 Å². The molecule has 5 heteroatoms. The van der Waals surface area contributed by atoms with Gasteiger partial charge in [-0.1, -0.05) is 18.2 Å². The molecule has 1 aromatic rings. The van der Waals surface area contributed by atoms with Crippen molar-refractivity contribution in [2.75, 3.05) is 38.3 Å². The van der Waals surface area contributed by atoms with Crippen LogP contribution in [0.25, 0.3) is 0 Å². The molecule has 2 aliphatic heterocycles. The van der Waals surface area contributed by atoms with E-state index >= 15 is 0 Å². The standard InChI is InChI=1S/C17H22N2O3/c1-13-5-3-4-6-14(13)19-12-17(9-15(19)20)7-8-18(11-17)16(21)10-22-2/h3-6H,7-12H2,1-2H3/t17-/m0/s1. The monoisotopic (exact) mass is 302 g/mol. The summed E-state index contributed by atoms with van der Waals surface area (Å²) in [5, 5.41) is 0. The van der Waals surface area contributed by atoms with Crippen molar-refractivity contribution >= 4 is 17.5 Å². The van der Waals surface area contributed by atoms with Crippen LogP contribution >= 0.6 is 0 Å². The van der Waals surface area contributed by atoms with E-state index in [1.54, 1.807) is 0 Å². The Labute approximate surface area is 130 Å². The molecule has 1 atom stereocenters. The molecular formula is C17H22N2O3. The first-order valence-electron chi connectivity index (χ1n) is 7.67. The highest BCUT2D eigenvalue weighted by atomic mass is 16.5. The lowest BCUT2D eigenvalue weighted by Crippen LogP contribution is -2.35. The van der Waals surface area contributed by atoms with Gasteiger partial charge in [0.15, 0.2) is 0 Å². The molecular weight excluding hydrogens is 280 g/mol. The van der Waals surface area contributed by atoms with Crippen molar-refractivity contribution in [2.24, 2.45) is 5.41 Å². The Morgan fingerprint density at radius 3 is 2.82 bits per heavy atom. The highest BCUT2D eigenvalue weighted by Gasteiger charge is 2.48. The fourth-order valence-electron chi connectivity index (χ4n) is 3.62. The van der Waals surface area contributed by atoms with Gasteiger partial charge in [0.05, 0.1) is 0 Å². The minimum absolute atomic E-state index is 0.0150. The lowest BCUT2D eigenvalue weighted by Gasteiger charge is -2.25. The van der Waals surface area contributed by atoms with E-state index in [0.29, 0.717) is 19.5 Å². The van der Waals surface area contributed by atoms with Gasteiger partial charge < -0.3 is 14.5 Å². The number of ether oxygens (including phenoxy) is 1. The van der Waals surface area contributed by atoms with E-state index in [0.717, 1.165) is 24.2 Å². The molecule has 0 bridgehead atoms. The van der Waals surface area contributed by atoms with Gasteiger partial charge in [-0.3, -0.25) is 9.59 Å². The van der Waals surface area contributed by atoms with Crippen molar-refractivity contribution < 1.29 is 14.3 Å². The number of methoxy groups -OCH3 is 1. The number of carbonyl (C=O) groups excluding carboxylic acids is 2. The molecule has 0 N–H and O–H groups in total. The first-order chi connectivity index (χ1) is 10.5. The average Bonchev–Trinajstić information content (AvgIpc) is 3.04. The number of rotatable bonds is 3. The minimum atomic E-state index is -0.0945. The van der Waals surface area contributed by atoms with Gasteiger partial charge in [0.2, 0.25) is 11.8 Å². The van der Waals surface area contributed by atoms with Gasteiger partial charge in [0, 0.05) is 44.3 Å². The number of carbonyl (C=O) groups is 2. The van der Waals surface area contributed by atoms with Crippen LogP contribution in [0.4, 0.5) is 5.69 Å². The maximum atomic E-state index is 12.5. The van der Waals surface area contributed by atoms with Crippen LogP contribution in [-0.4, -0.2) is 50.1 Å². The van der Waals surface area contributed by atoms with Gasteiger partial charge in [0.1, 0.15) is 6.61 Å². The molecule has 2 heterocycles. The molecule has 22 heavy (non-hydrogen) atoms. The molecule has 118 valence electrons. The predicted octanol–water partition coefficient (Wildman–Crippen LogP) is 1.60. The van der Waals surface area contributed by atoms with Crippen LogP contribution in [-0.2, 0) is 14.3 Å². The third kappa shape index (κ3) is 2.61. The molecule has 0 aromatic heterocycles. The van der Waals surface area contributed by atoms with Crippen molar-refractivity contribution in [3.8, 4) is 0 Å². The second kappa shape index (κ2) is 5.72. The number of likely N-dealkylation sites (tertiary alicyclic amines) is 1. The highest BCUT2D eigenvalue weighted by molar-refractivity contribution is 5.97. The Hall–Kier alpha value is -1.88. The van der Waals surface area contributed by atoms with Crippen LogP contribution in [0.15, 0.2) is 24.3 Å². The second-order valence-electron chi connectivity index (χ2n) is 6.44. The van der Waals surface area contributed by atoms with Crippen LogP contribution in [0.1, 0.15) is 18.4 Å². The fourth-order valence-corrected chi connectivity index (χ4v) is 3.62. The Morgan fingerprint density at radius 1 is 1.32 bits per heavy atom. The number of hydrogen-bond acceptors (Lipinski definition) is 3. The number of aryl methyl sites for hydroxylation is 1. The molecule has 1 aromatic carbocycles. The summed E-state index contributed by atoms with van der Waals surface area (Å²) in [6, 6.07) is 7.96. The van der Waals surface area contributed by atoms with Crippen molar-refractivity contribution in [3.05, 3.63) is 29.8 Å². The van der Waals surface area contributed by atoms with E-state index in [-0.39, 0.29) is 23.8 Å². The normalized spacial score (nSPS) is 24.5. The van der Waals surface area contributed by atoms with Gasteiger partial charge in [-0.05, 0) is 25.0 Å². The van der Waals surface area contributed by atoms with E-state index in [2.05, 4.69) is 0 Å². The van der Waals surface area contributed by atoms with Crippen molar-refractivity contribution in [2.45, 2.75) is 19.8 Å². The summed E-state index contributed by atoms with van der Waals surface area (Å²) in [6.07, 6.45) is 1.41. The summed E-state index contributed by atoms with van der Waals surface area (Å²) in [5.74, 6) is 0.177. The molecule has 0 unspecified atom stereocenters. The fraction of sp³-hybridized carbons (Fsp3) is 0.529. The summed E-state index contributed by atoms with van der Waals surface area (Å²) >= 11 is 0. The van der Waals surface area contributed by atoms with Gasteiger partial charge in [0.25, 0.3) is 0 Å². The highest BCUT2D eigenvalue weighted by Crippen LogP contribution is 2.42. The first-order valence-corrected chi connectivity index (χ1v) is 7.67. The molecule has 0 saturated carbocycles. The van der Waals surface area contributed by atoms with Crippen molar-refractivity contribution in [1.82, 2.24) is 4.90 Å². The molecule has 2 saturated heterocycles. The van der Waals surface area contributed by atoms with Gasteiger partial charge in [-0.15, -0.1) is 0 Å². The van der Waals surface area contributed by atoms with E-state index in [1.165, 1.54) is 7.11 Å². The molecule has 2 aliphatic rings. The second-order valence-corrected chi connectivity index (χ2v) is 6.44. The molecule has 1 spiro atoms. The van der Waals surface area contributed by atoms with Gasteiger partial charge in [-0.25, -0.2) is 0 Å².